The van der Waals surface area contributed by atoms with Crippen LogP contribution in [0, 0.1) is 0 Å². The Kier molecular flexibility index (Phi) is 1.31. The number of ether oxygens (including phenoxy) is 1. The summed E-state index contributed by atoms with van der Waals surface area (Å²) in [5, 5.41) is 0.967. The zero-order valence-corrected chi connectivity index (χ0v) is 7.28. The molecule has 3 heteroatoms. The van der Waals surface area contributed by atoms with E-state index in [1.54, 1.807) is 6.26 Å². The van der Waals surface area contributed by atoms with Gasteiger partial charge in [-0.15, -0.1) is 0 Å². The van der Waals surface area contributed by atoms with E-state index in [-0.39, 0.29) is 5.56 Å². The molecular weight excluding hydrogens is 178 g/mol. The van der Waals surface area contributed by atoms with Gasteiger partial charge in [-0.3, -0.25) is 4.79 Å². The highest BCUT2D eigenvalue weighted by Crippen LogP contribution is 2.30. The summed E-state index contributed by atoms with van der Waals surface area (Å²) in [6, 6.07) is 7.23. The van der Waals surface area contributed by atoms with Gasteiger partial charge in [0.1, 0.15) is 5.75 Å². The zero-order chi connectivity index (χ0) is 9.54. The SMILES string of the molecule is O=c1cc2c3c(cccc3[nH]1)C=CO2. The average Bonchev–Trinajstić information content (AvgIpc) is 2.18. The second-order valence-corrected chi connectivity index (χ2v) is 3.19. The summed E-state index contributed by atoms with van der Waals surface area (Å²) in [6.45, 7) is 0. The van der Waals surface area contributed by atoms with Crippen LogP contribution in [-0.2, 0) is 0 Å². The number of benzene rings is 1. The largest absolute Gasteiger partial charge is 0.464 e. The lowest BCUT2D eigenvalue weighted by Gasteiger charge is -2.11. The van der Waals surface area contributed by atoms with Crippen molar-refractivity contribution in [3.05, 3.63) is 46.4 Å². The van der Waals surface area contributed by atoms with Gasteiger partial charge in [0.15, 0.2) is 0 Å². The van der Waals surface area contributed by atoms with Gasteiger partial charge in [-0.1, -0.05) is 12.1 Å². The van der Waals surface area contributed by atoms with Crippen LogP contribution in [0.1, 0.15) is 5.56 Å². The molecule has 0 unspecified atom stereocenters. The highest BCUT2D eigenvalue weighted by atomic mass is 16.5. The van der Waals surface area contributed by atoms with E-state index < -0.39 is 0 Å². The van der Waals surface area contributed by atoms with Crippen LogP contribution in [-0.4, -0.2) is 4.98 Å². The van der Waals surface area contributed by atoms with Crippen LogP contribution >= 0.6 is 0 Å². The van der Waals surface area contributed by atoms with Crippen LogP contribution in [0.5, 0.6) is 5.75 Å². The summed E-state index contributed by atoms with van der Waals surface area (Å²) in [6.07, 6.45) is 3.48. The highest BCUT2D eigenvalue weighted by molar-refractivity contribution is 5.94. The van der Waals surface area contributed by atoms with Gasteiger partial charge in [0, 0.05) is 11.5 Å². The normalized spacial score (nSPS) is 12.9. The number of nitrogens with one attached hydrogen (secondary N) is 1. The Morgan fingerprint density at radius 1 is 1.29 bits per heavy atom. The second kappa shape index (κ2) is 2.48. The molecule has 1 aliphatic rings. The third-order valence-electron chi connectivity index (χ3n) is 2.31. The molecule has 1 N–H and O–H groups in total. The lowest BCUT2D eigenvalue weighted by Crippen LogP contribution is -2.06. The average molecular weight is 185 g/mol. The van der Waals surface area contributed by atoms with Crippen molar-refractivity contribution in [2.45, 2.75) is 0 Å². The van der Waals surface area contributed by atoms with Gasteiger partial charge >= 0.3 is 0 Å². The van der Waals surface area contributed by atoms with Crippen molar-refractivity contribution in [3.63, 3.8) is 0 Å². The van der Waals surface area contributed by atoms with Gasteiger partial charge in [-0.25, -0.2) is 0 Å². The molecule has 3 rings (SSSR count). The van der Waals surface area contributed by atoms with E-state index in [9.17, 15) is 4.79 Å². The molecule has 1 aromatic heterocycles. The van der Waals surface area contributed by atoms with Gasteiger partial charge in [0.25, 0.3) is 5.56 Å². The topological polar surface area (TPSA) is 42.1 Å². The molecule has 2 aromatic rings. The van der Waals surface area contributed by atoms with Crippen molar-refractivity contribution in [1.29, 1.82) is 0 Å². The van der Waals surface area contributed by atoms with Crippen LogP contribution in [0.2, 0.25) is 0 Å². The lowest BCUT2D eigenvalue weighted by atomic mass is 10.1. The first-order chi connectivity index (χ1) is 6.84. The molecule has 0 atom stereocenters. The van der Waals surface area contributed by atoms with Gasteiger partial charge in [-0.05, 0) is 17.7 Å². The Morgan fingerprint density at radius 3 is 3.14 bits per heavy atom. The molecule has 0 fully saturated rings. The molecular formula is C11H7NO2. The van der Waals surface area contributed by atoms with Crippen molar-refractivity contribution < 1.29 is 4.74 Å². The molecule has 0 spiro atoms. The van der Waals surface area contributed by atoms with Crippen molar-refractivity contribution >= 4 is 17.0 Å². The van der Waals surface area contributed by atoms with E-state index in [2.05, 4.69) is 4.98 Å². The maximum atomic E-state index is 11.2. The fraction of sp³-hybridized carbons (Fsp3) is 0. The van der Waals surface area contributed by atoms with Crippen molar-refractivity contribution in [1.82, 2.24) is 4.98 Å². The van der Waals surface area contributed by atoms with E-state index in [4.69, 9.17) is 4.74 Å². The van der Waals surface area contributed by atoms with Crippen molar-refractivity contribution in [2.75, 3.05) is 0 Å². The fourth-order valence-electron chi connectivity index (χ4n) is 1.72. The van der Waals surface area contributed by atoms with Gasteiger partial charge < -0.3 is 9.72 Å². The Bertz CT molecular complexity index is 596. The molecule has 3 nitrogen and oxygen atoms in total. The summed E-state index contributed by atoms with van der Waals surface area (Å²) in [5.41, 5.74) is 1.74. The number of H-pyrrole nitrogens is 1. The minimum absolute atomic E-state index is 0.139. The standard InChI is InChI=1S/C11H7NO2/c13-10-6-9-11-7(4-5-14-9)2-1-3-8(11)12-10/h1-6H,(H,12,13). The zero-order valence-electron chi connectivity index (χ0n) is 7.28. The quantitative estimate of drug-likeness (QED) is 0.681. The van der Waals surface area contributed by atoms with Crippen molar-refractivity contribution in [3.8, 4) is 5.75 Å². The molecule has 1 aromatic carbocycles. The van der Waals surface area contributed by atoms with Crippen LogP contribution in [0.25, 0.3) is 17.0 Å². The van der Waals surface area contributed by atoms with E-state index in [1.807, 2.05) is 24.3 Å². The molecule has 0 aliphatic carbocycles. The number of rotatable bonds is 0. The highest BCUT2D eigenvalue weighted by Gasteiger charge is 2.10. The Hall–Kier alpha value is -2.03. The fourth-order valence-corrected chi connectivity index (χ4v) is 1.72. The number of hydrogen-bond acceptors (Lipinski definition) is 2. The minimum atomic E-state index is -0.139. The summed E-state index contributed by atoms with van der Waals surface area (Å²) in [4.78, 5) is 14.0. The molecule has 0 bridgehead atoms. The Labute approximate surface area is 79.6 Å². The van der Waals surface area contributed by atoms with E-state index in [0.29, 0.717) is 5.75 Å². The van der Waals surface area contributed by atoms with E-state index >= 15 is 0 Å². The maximum Gasteiger partial charge on any atom is 0.252 e. The summed E-state index contributed by atoms with van der Waals surface area (Å²) < 4.78 is 5.28. The minimum Gasteiger partial charge on any atom is -0.464 e. The third kappa shape index (κ3) is 0.893. The van der Waals surface area contributed by atoms with E-state index in [1.165, 1.54) is 6.07 Å². The molecule has 0 amide bonds. The summed E-state index contributed by atoms with van der Waals surface area (Å²) >= 11 is 0. The molecule has 0 saturated carbocycles. The Morgan fingerprint density at radius 2 is 2.21 bits per heavy atom. The first-order valence-corrected chi connectivity index (χ1v) is 4.34. The number of aromatic nitrogens is 1. The predicted molar refractivity (Wildman–Crippen MR) is 54.2 cm³/mol. The molecule has 1 aliphatic heterocycles. The lowest BCUT2D eigenvalue weighted by molar-refractivity contribution is 0.487. The van der Waals surface area contributed by atoms with Crippen LogP contribution in [0.3, 0.4) is 0 Å². The first-order valence-electron chi connectivity index (χ1n) is 4.34. The monoisotopic (exact) mass is 185 g/mol. The number of aromatic amines is 1. The molecule has 0 radical (unpaired) electrons. The number of pyridine rings is 1. The van der Waals surface area contributed by atoms with Crippen LogP contribution < -0.4 is 10.3 Å². The summed E-state index contributed by atoms with van der Waals surface area (Å²) in [7, 11) is 0. The first kappa shape index (κ1) is 7.38. The molecule has 14 heavy (non-hydrogen) atoms. The molecule has 0 saturated heterocycles. The Balaban J connectivity index is 2.59. The van der Waals surface area contributed by atoms with Crippen LogP contribution in [0.15, 0.2) is 35.3 Å². The summed E-state index contributed by atoms with van der Waals surface area (Å²) in [5.74, 6) is 0.627. The van der Waals surface area contributed by atoms with Gasteiger partial charge in [0.05, 0.1) is 11.8 Å². The maximum absolute atomic E-state index is 11.2. The predicted octanol–water partition coefficient (Wildman–Crippen LogP) is 1.89. The third-order valence-corrected chi connectivity index (χ3v) is 2.31. The van der Waals surface area contributed by atoms with Gasteiger partial charge in [0.2, 0.25) is 0 Å². The van der Waals surface area contributed by atoms with Crippen molar-refractivity contribution in [2.24, 2.45) is 0 Å². The second-order valence-electron chi connectivity index (χ2n) is 3.19. The smallest absolute Gasteiger partial charge is 0.252 e. The number of hydrogen-bond donors (Lipinski definition) is 1. The van der Waals surface area contributed by atoms with Gasteiger partial charge in [-0.2, -0.15) is 0 Å². The van der Waals surface area contributed by atoms with E-state index in [0.717, 1.165) is 16.5 Å². The molecule has 2 heterocycles. The van der Waals surface area contributed by atoms with Crippen LogP contribution in [0.4, 0.5) is 0 Å². The molecule has 68 valence electrons.